The molecule has 38 heavy (non-hydrogen) atoms. The second-order valence-corrected chi connectivity index (χ2v) is 9.62. The van der Waals surface area contributed by atoms with Gasteiger partial charge in [0.15, 0.2) is 16.3 Å². The topological polar surface area (TPSA) is 102 Å². The van der Waals surface area contributed by atoms with Crippen molar-refractivity contribution in [2.45, 2.75) is 13.0 Å². The van der Waals surface area contributed by atoms with E-state index >= 15 is 0 Å². The number of allylic oxidation sites excluding steroid dienone is 1. The number of fused-ring (bicyclic) bond motifs is 1. The van der Waals surface area contributed by atoms with Crippen molar-refractivity contribution in [1.82, 2.24) is 4.57 Å². The molecule has 2 heterocycles. The molecule has 5 rings (SSSR count). The highest BCUT2D eigenvalue weighted by Crippen LogP contribution is 2.32. The van der Waals surface area contributed by atoms with Crippen molar-refractivity contribution in [3.8, 4) is 17.2 Å². The molecule has 2 N–H and O–H groups in total. The zero-order chi connectivity index (χ0) is 26.8. The second-order valence-electron chi connectivity index (χ2n) is 8.61. The molecule has 192 valence electrons. The Kier molecular flexibility index (Phi) is 6.85. The third-order valence-corrected chi connectivity index (χ3v) is 7.19. The number of aromatic hydroxyl groups is 1. The standard InChI is InChI=1S/C29H25N3O5S/c1-17-25(27(34)31-20-9-5-4-6-10-20)26(19-8-7-11-21(16-19)36-2)32-28(35)24(38-29(32)30-17)15-18-12-13-22(33)23(14-18)37-3/h4-16,26,33H,1-3H3,(H,31,34)/b24-15-/t26-/m1/s1. The Morgan fingerprint density at radius 2 is 1.84 bits per heavy atom. The van der Waals surface area contributed by atoms with Gasteiger partial charge in [-0.2, -0.15) is 0 Å². The van der Waals surface area contributed by atoms with E-state index < -0.39 is 6.04 Å². The lowest BCUT2D eigenvalue weighted by molar-refractivity contribution is -0.113. The van der Waals surface area contributed by atoms with Crippen LogP contribution in [0.1, 0.15) is 24.1 Å². The largest absolute Gasteiger partial charge is 0.504 e. The number of hydrogen-bond acceptors (Lipinski definition) is 7. The van der Waals surface area contributed by atoms with Gasteiger partial charge in [-0.05, 0) is 60.5 Å². The van der Waals surface area contributed by atoms with E-state index in [4.69, 9.17) is 9.47 Å². The van der Waals surface area contributed by atoms with Crippen molar-refractivity contribution < 1.29 is 19.4 Å². The molecule has 0 bridgehead atoms. The summed E-state index contributed by atoms with van der Waals surface area (Å²) in [4.78, 5) is 32.6. The maximum Gasteiger partial charge on any atom is 0.271 e. The fraction of sp³-hybridized carbons (Fsp3) is 0.138. The number of para-hydroxylation sites is 1. The molecular formula is C29H25N3O5S. The van der Waals surface area contributed by atoms with E-state index in [1.165, 1.54) is 24.5 Å². The number of ether oxygens (including phenoxy) is 2. The molecule has 8 nitrogen and oxygen atoms in total. The number of hydrogen-bond donors (Lipinski definition) is 2. The predicted octanol–water partition coefficient (Wildman–Crippen LogP) is 3.60. The van der Waals surface area contributed by atoms with Crippen LogP contribution >= 0.6 is 11.3 Å². The van der Waals surface area contributed by atoms with Crippen LogP contribution < -0.4 is 29.7 Å². The number of anilines is 1. The van der Waals surface area contributed by atoms with Crippen molar-refractivity contribution in [3.05, 3.63) is 115 Å². The molecule has 0 radical (unpaired) electrons. The highest BCUT2D eigenvalue weighted by molar-refractivity contribution is 7.07. The van der Waals surface area contributed by atoms with Crippen LogP contribution in [0.2, 0.25) is 0 Å². The zero-order valence-electron chi connectivity index (χ0n) is 21.0. The number of benzene rings is 3. The highest BCUT2D eigenvalue weighted by Gasteiger charge is 2.32. The number of phenolic OH excluding ortho intramolecular Hbond substituents is 1. The molecule has 4 aromatic rings. The number of nitrogens with zero attached hydrogens (tertiary/aromatic N) is 2. The number of carbonyl (C=O) groups excluding carboxylic acids is 1. The SMILES string of the molecule is COc1cccc([C@@H]2C(C(=O)Nc3ccccc3)=C(C)N=c3s/c(=C\c4ccc(O)c(OC)c4)c(=O)n32)c1. The molecule has 0 aliphatic carbocycles. The molecule has 0 saturated heterocycles. The average Bonchev–Trinajstić information content (AvgIpc) is 3.23. The maximum absolute atomic E-state index is 13.8. The molecule has 1 amide bonds. The Balaban J connectivity index is 1.68. The van der Waals surface area contributed by atoms with Crippen molar-refractivity contribution in [2.24, 2.45) is 4.99 Å². The fourth-order valence-electron chi connectivity index (χ4n) is 4.39. The van der Waals surface area contributed by atoms with Gasteiger partial charge < -0.3 is 19.9 Å². The van der Waals surface area contributed by atoms with Crippen molar-refractivity contribution in [2.75, 3.05) is 19.5 Å². The lowest BCUT2D eigenvalue weighted by Crippen LogP contribution is -2.40. The second kappa shape index (κ2) is 10.4. The van der Waals surface area contributed by atoms with Crippen LogP contribution in [0.25, 0.3) is 6.08 Å². The van der Waals surface area contributed by atoms with Gasteiger partial charge in [-0.15, -0.1) is 0 Å². The van der Waals surface area contributed by atoms with Crippen LogP contribution in [-0.2, 0) is 4.79 Å². The number of aromatic nitrogens is 1. The summed E-state index contributed by atoms with van der Waals surface area (Å²) < 4.78 is 12.6. The van der Waals surface area contributed by atoms with Gasteiger partial charge in [-0.1, -0.05) is 47.7 Å². The van der Waals surface area contributed by atoms with Gasteiger partial charge in [0.25, 0.3) is 11.5 Å². The van der Waals surface area contributed by atoms with Gasteiger partial charge in [0.1, 0.15) is 5.75 Å². The molecule has 1 atom stereocenters. The smallest absolute Gasteiger partial charge is 0.271 e. The minimum atomic E-state index is -0.721. The molecule has 1 aliphatic rings. The van der Waals surface area contributed by atoms with Gasteiger partial charge in [-0.25, -0.2) is 4.99 Å². The van der Waals surface area contributed by atoms with Gasteiger partial charge in [0, 0.05) is 5.69 Å². The molecule has 1 aromatic heterocycles. The molecule has 9 heteroatoms. The Morgan fingerprint density at radius 1 is 1.05 bits per heavy atom. The van der Waals surface area contributed by atoms with Crippen molar-refractivity contribution in [3.63, 3.8) is 0 Å². The van der Waals surface area contributed by atoms with E-state index in [9.17, 15) is 14.7 Å². The molecule has 0 fully saturated rings. The van der Waals surface area contributed by atoms with Gasteiger partial charge in [-0.3, -0.25) is 14.2 Å². The number of rotatable bonds is 6. The predicted molar refractivity (Wildman–Crippen MR) is 146 cm³/mol. The highest BCUT2D eigenvalue weighted by atomic mass is 32.1. The fourth-order valence-corrected chi connectivity index (χ4v) is 5.44. The number of phenols is 1. The lowest BCUT2D eigenvalue weighted by Gasteiger charge is -2.25. The number of amides is 1. The van der Waals surface area contributed by atoms with Crippen LogP contribution in [0.15, 0.2) is 93.9 Å². The summed E-state index contributed by atoms with van der Waals surface area (Å²) in [5, 5.41) is 12.9. The van der Waals surface area contributed by atoms with E-state index in [0.717, 1.165) is 5.56 Å². The van der Waals surface area contributed by atoms with E-state index in [-0.39, 0.29) is 17.2 Å². The van der Waals surface area contributed by atoms with Gasteiger partial charge >= 0.3 is 0 Å². The third kappa shape index (κ3) is 4.71. The van der Waals surface area contributed by atoms with Crippen LogP contribution in [0.5, 0.6) is 17.2 Å². The van der Waals surface area contributed by atoms with E-state index in [1.807, 2.05) is 42.5 Å². The molecule has 1 aliphatic heterocycles. The number of thiazole rings is 1. The molecule has 0 spiro atoms. The Morgan fingerprint density at radius 3 is 2.58 bits per heavy atom. The summed E-state index contributed by atoms with van der Waals surface area (Å²) in [7, 11) is 3.03. The van der Waals surface area contributed by atoms with Crippen molar-refractivity contribution in [1.29, 1.82) is 0 Å². The summed E-state index contributed by atoms with van der Waals surface area (Å²) in [5.41, 5.74) is 2.64. The van der Waals surface area contributed by atoms with Gasteiger partial charge in [0.2, 0.25) is 0 Å². The first-order chi connectivity index (χ1) is 18.4. The summed E-state index contributed by atoms with van der Waals surface area (Å²) in [5.74, 6) is 0.575. The maximum atomic E-state index is 13.8. The average molecular weight is 528 g/mol. The van der Waals surface area contributed by atoms with Crippen LogP contribution in [0.3, 0.4) is 0 Å². The van der Waals surface area contributed by atoms with Crippen molar-refractivity contribution >= 4 is 29.0 Å². The molecule has 0 unspecified atom stereocenters. The summed E-state index contributed by atoms with van der Waals surface area (Å²) in [6, 6.07) is 20.6. The number of nitrogens with one attached hydrogen (secondary N) is 1. The Labute approximate surface area is 222 Å². The third-order valence-electron chi connectivity index (χ3n) is 6.21. The molecule has 3 aromatic carbocycles. The number of carbonyl (C=O) groups is 1. The van der Waals surface area contributed by atoms with Crippen LogP contribution in [-0.4, -0.2) is 29.8 Å². The summed E-state index contributed by atoms with van der Waals surface area (Å²) in [6.45, 7) is 1.77. The first kappa shape index (κ1) is 25.0. The van der Waals surface area contributed by atoms with E-state index in [0.29, 0.717) is 43.4 Å². The number of methoxy groups -OCH3 is 2. The summed E-state index contributed by atoms with van der Waals surface area (Å²) in [6.07, 6.45) is 1.72. The molecule has 0 saturated carbocycles. The monoisotopic (exact) mass is 527 g/mol. The Hall–Kier alpha value is -4.63. The minimum absolute atomic E-state index is 0.00818. The van der Waals surface area contributed by atoms with E-state index in [1.54, 1.807) is 48.9 Å². The van der Waals surface area contributed by atoms with Gasteiger partial charge in [0.05, 0.1) is 36.1 Å². The van der Waals surface area contributed by atoms with Crippen LogP contribution in [0, 0.1) is 0 Å². The van der Waals surface area contributed by atoms with E-state index in [2.05, 4.69) is 10.3 Å². The summed E-state index contributed by atoms with van der Waals surface area (Å²) >= 11 is 1.23. The quantitative estimate of drug-likeness (QED) is 0.399. The first-order valence-electron chi connectivity index (χ1n) is 11.8. The Bertz CT molecular complexity index is 1740. The minimum Gasteiger partial charge on any atom is -0.504 e. The first-order valence-corrected chi connectivity index (χ1v) is 12.6. The van der Waals surface area contributed by atoms with Crippen LogP contribution in [0.4, 0.5) is 5.69 Å². The zero-order valence-corrected chi connectivity index (χ0v) is 21.8. The normalized spacial score (nSPS) is 15.0. The molecular weight excluding hydrogens is 502 g/mol. The lowest BCUT2D eigenvalue weighted by atomic mass is 9.95.